The lowest BCUT2D eigenvalue weighted by Gasteiger charge is -2.37. The van der Waals surface area contributed by atoms with Gasteiger partial charge in [-0.15, -0.1) is 0 Å². The van der Waals surface area contributed by atoms with Crippen LogP contribution >= 0.6 is 0 Å². The number of aliphatic hydroxyl groups is 1. The number of β-amino-alcohol motifs (C(OH)–C–C–N with tert-alkyl or cyclic N) is 1. The summed E-state index contributed by atoms with van der Waals surface area (Å²) in [6, 6.07) is 0. The van der Waals surface area contributed by atoms with Gasteiger partial charge in [-0.25, -0.2) is 4.79 Å². The molecule has 2 atom stereocenters. The van der Waals surface area contributed by atoms with Crippen LogP contribution in [0.25, 0.3) is 0 Å². The highest BCUT2D eigenvalue weighted by Gasteiger charge is 2.39. The van der Waals surface area contributed by atoms with Crippen molar-refractivity contribution < 1.29 is 28.9 Å². The fraction of sp³-hybridized carbons (Fsp3) is 0.882. The number of morpholine rings is 1. The molecule has 0 bridgehead atoms. The van der Waals surface area contributed by atoms with Gasteiger partial charge in [-0.1, -0.05) is 26.2 Å². The molecule has 0 spiro atoms. The molecule has 1 aliphatic rings. The topological polar surface area (TPSA) is 85.3 Å². The van der Waals surface area contributed by atoms with Crippen LogP contribution < -0.4 is 0 Å². The van der Waals surface area contributed by atoms with E-state index < -0.39 is 11.6 Å². The first-order valence-corrected chi connectivity index (χ1v) is 8.66. The van der Waals surface area contributed by atoms with E-state index in [0.717, 1.165) is 25.7 Å². The second-order valence-electron chi connectivity index (χ2n) is 6.34. The van der Waals surface area contributed by atoms with Crippen molar-refractivity contribution in [3.8, 4) is 0 Å². The Hall–Kier alpha value is -1.18. The van der Waals surface area contributed by atoms with Gasteiger partial charge in [0, 0.05) is 19.6 Å². The number of carbonyl (C=O) groups is 2. The Bertz CT molecular complexity index is 403. The van der Waals surface area contributed by atoms with Crippen LogP contribution in [-0.2, 0) is 23.8 Å². The monoisotopic (exact) mass is 345 g/mol. The number of unbranched alkanes of at least 4 members (excludes halogenated alkanes) is 3. The SMILES string of the molecule is CCCCCC[C@](O)(CN1CCO[C@H](CC(=O)OC)C1)C(=O)OC. The Balaban J connectivity index is 2.60. The van der Waals surface area contributed by atoms with Crippen LogP contribution in [0.5, 0.6) is 0 Å². The molecule has 140 valence electrons. The van der Waals surface area contributed by atoms with Crippen molar-refractivity contribution in [3.05, 3.63) is 0 Å². The van der Waals surface area contributed by atoms with E-state index in [1.54, 1.807) is 0 Å². The lowest BCUT2D eigenvalue weighted by molar-refractivity contribution is -0.168. The van der Waals surface area contributed by atoms with E-state index in [9.17, 15) is 14.7 Å². The number of methoxy groups -OCH3 is 2. The Morgan fingerprint density at radius 3 is 2.62 bits per heavy atom. The van der Waals surface area contributed by atoms with E-state index in [1.807, 2.05) is 4.90 Å². The minimum atomic E-state index is -1.52. The first-order chi connectivity index (χ1) is 11.4. The third-order valence-electron chi connectivity index (χ3n) is 4.34. The van der Waals surface area contributed by atoms with Crippen LogP contribution in [0, 0.1) is 0 Å². The zero-order chi connectivity index (χ0) is 18.0. The highest BCUT2D eigenvalue weighted by atomic mass is 16.5. The first kappa shape index (κ1) is 20.9. The predicted octanol–water partition coefficient (Wildman–Crippen LogP) is 1.12. The van der Waals surface area contributed by atoms with Gasteiger partial charge in [0.05, 0.1) is 33.4 Å². The quantitative estimate of drug-likeness (QED) is 0.469. The molecule has 7 heteroatoms. The van der Waals surface area contributed by atoms with Gasteiger partial charge in [0.25, 0.3) is 0 Å². The summed E-state index contributed by atoms with van der Waals surface area (Å²) < 4.78 is 15.0. The van der Waals surface area contributed by atoms with E-state index in [0.29, 0.717) is 26.1 Å². The molecule has 0 radical (unpaired) electrons. The molecule has 0 aliphatic carbocycles. The normalized spacial score (nSPS) is 21.1. The third-order valence-corrected chi connectivity index (χ3v) is 4.34. The second-order valence-corrected chi connectivity index (χ2v) is 6.34. The number of hydrogen-bond donors (Lipinski definition) is 1. The number of hydrogen-bond acceptors (Lipinski definition) is 7. The Morgan fingerprint density at radius 1 is 1.25 bits per heavy atom. The minimum absolute atomic E-state index is 0.167. The van der Waals surface area contributed by atoms with E-state index in [1.165, 1.54) is 14.2 Å². The van der Waals surface area contributed by atoms with Crippen LogP contribution in [0.4, 0.5) is 0 Å². The van der Waals surface area contributed by atoms with Crippen molar-refractivity contribution in [1.82, 2.24) is 4.90 Å². The first-order valence-electron chi connectivity index (χ1n) is 8.66. The summed E-state index contributed by atoms with van der Waals surface area (Å²) in [4.78, 5) is 25.4. The molecule has 0 aromatic carbocycles. The van der Waals surface area contributed by atoms with Gasteiger partial charge in [-0.2, -0.15) is 0 Å². The molecular formula is C17H31NO6. The number of ether oxygens (including phenoxy) is 3. The molecule has 0 saturated carbocycles. The van der Waals surface area contributed by atoms with Gasteiger partial charge in [-0.3, -0.25) is 9.69 Å². The summed E-state index contributed by atoms with van der Waals surface area (Å²) in [6.07, 6.45) is 4.18. The molecule has 1 rings (SSSR count). The van der Waals surface area contributed by atoms with Crippen molar-refractivity contribution in [3.63, 3.8) is 0 Å². The van der Waals surface area contributed by atoms with E-state index in [4.69, 9.17) is 9.47 Å². The van der Waals surface area contributed by atoms with Gasteiger partial charge >= 0.3 is 11.9 Å². The summed E-state index contributed by atoms with van der Waals surface area (Å²) >= 11 is 0. The Kier molecular flexibility index (Phi) is 9.25. The maximum atomic E-state index is 12.1. The smallest absolute Gasteiger partial charge is 0.339 e. The summed E-state index contributed by atoms with van der Waals surface area (Å²) in [7, 11) is 2.63. The van der Waals surface area contributed by atoms with Crippen molar-refractivity contribution in [2.45, 2.75) is 57.2 Å². The zero-order valence-corrected chi connectivity index (χ0v) is 15.1. The molecule has 0 aromatic rings. The summed E-state index contributed by atoms with van der Waals surface area (Å²) in [6.45, 7) is 3.83. The minimum Gasteiger partial charge on any atom is -0.469 e. The lowest BCUT2D eigenvalue weighted by atomic mass is 9.94. The molecule has 1 saturated heterocycles. The van der Waals surface area contributed by atoms with Crippen molar-refractivity contribution in [1.29, 1.82) is 0 Å². The van der Waals surface area contributed by atoms with E-state index >= 15 is 0 Å². The molecule has 24 heavy (non-hydrogen) atoms. The van der Waals surface area contributed by atoms with Crippen LogP contribution in [-0.4, -0.2) is 74.1 Å². The lowest BCUT2D eigenvalue weighted by Crippen LogP contribution is -2.54. The molecule has 0 amide bonds. The van der Waals surface area contributed by atoms with Gasteiger partial charge in [0.15, 0.2) is 5.60 Å². The largest absolute Gasteiger partial charge is 0.469 e. The maximum absolute atomic E-state index is 12.1. The highest BCUT2D eigenvalue weighted by Crippen LogP contribution is 2.21. The Labute approximate surface area is 144 Å². The summed E-state index contributed by atoms with van der Waals surface area (Å²) in [5, 5.41) is 10.8. The molecule has 1 fully saturated rings. The van der Waals surface area contributed by atoms with E-state index in [-0.39, 0.29) is 25.0 Å². The molecule has 0 aromatic heterocycles. The molecule has 7 nitrogen and oxygen atoms in total. The fourth-order valence-electron chi connectivity index (χ4n) is 2.97. The second kappa shape index (κ2) is 10.6. The predicted molar refractivity (Wildman–Crippen MR) is 88.5 cm³/mol. The van der Waals surface area contributed by atoms with Gasteiger partial charge in [0.2, 0.25) is 0 Å². The molecule has 1 aliphatic heterocycles. The van der Waals surface area contributed by atoms with Gasteiger partial charge in [-0.05, 0) is 12.8 Å². The van der Waals surface area contributed by atoms with Gasteiger partial charge < -0.3 is 19.3 Å². The average Bonchev–Trinajstić information content (AvgIpc) is 2.58. The van der Waals surface area contributed by atoms with E-state index in [2.05, 4.69) is 11.7 Å². The number of esters is 2. The average molecular weight is 345 g/mol. The standard InChI is InChI=1S/C17H31NO6/c1-4-5-6-7-8-17(21,16(20)23-3)13-18-9-10-24-14(12-18)11-15(19)22-2/h14,21H,4-13H2,1-3H3/t14-,17+/m1/s1. The van der Waals surface area contributed by atoms with Crippen molar-refractivity contribution in [2.75, 3.05) is 40.5 Å². The summed E-state index contributed by atoms with van der Waals surface area (Å²) in [5.74, 6) is -0.931. The highest BCUT2D eigenvalue weighted by molar-refractivity contribution is 5.79. The molecule has 1 heterocycles. The van der Waals surface area contributed by atoms with Crippen molar-refractivity contribution in [2.24, 2.45) is 0 Å². The fourth-order valence-corrected chi connectivity index (χ4v) is 2.97. The van der Waals surface area contributed by atoms with Crippen LogP contribution in [0.15, 0.2) is 0 Å². The number of nitrogens with zero attached hydrogens (tertiary/aromatic N) is 1. The summed E-state index contributed by atoms with van der Waals surface area (Å²) in [5.41, 5.74) is -1.52. The van der Waals surface area contributed by atoms with Crippen molar-refractivity contribution >= 4 is 11.9 Å². The Morgan fingerprint density at radius 2 is 2.00 bits per heavy atom. The van der Waals surface area contributed by atoms with Gasteiger partial charge in [0.1, 0.15) is 0 Å². The third kappa shape index (κ3) is 6.75. The molecular weight excluding hydrogens is 314 g/mol. The molecule has 0 unspecified atom stereocenters. The van der Waals surface area contributed by atoms with Crippen LogP contribution in [0.1, 0.15) is 45.4 Å². The molecule has 1 N–H and O–H groups in total. The zero-order valence-electron chi connectivity index (χ0n) is 15.1. The number of rotatable bonds is 10. The maximum Gasteiger partial charge on any atom is 0.339 e. The van der Waals surface area contributed by atoms with Crippen LogP contribution in [0.2, 0.25) is 0 Å². The number of carbonyl (C=O) groups excluding carboxylic acids is 2. The van der Waals surface area contributed by atoms with Crippen LogP contribution in [0.3, 0.4) is 0 Å².